The van der Waals surface area contributed by atoms with Gasteiger partial charge in [-0.2, -0.15) is 10.2 Å². The van der Waals surface area contributed by atoms with Crippen LogP contribution in [-0.4, -0.2) is 5.11 Å². The molecule has 0 heterocycles. The molecule has 0 radical (unpaired) electrons. The number of hydrogen-bond acceptors (Lipinski definition) is 3. The summed E-state index contributed by atoms with van der Waals surface area (Å²) in [5, 5.41) is 17.7. The second-order valence-corrected chi connectivity index (χ2v) is 6.61. The Morgan fingerprint density at radius 2 is 1.12 bits per heavy atom. The van der Waals surface area contributed by atoms with Gasteiger partial charge in [0.15, 0.2) is 0 Å². The van der Waals surface area contributed by atoms with E-state index in [2.05, 4.69) is 29.3 Å². The van der Waals surface area contributed by atoms with Crippen LogP contribution in [0.25, 0.3) is 0 Å². The summed E-state index contributed by atoms with van der Waals surface area (Å²) in [6, 6.07) is 15.0. The van der Waals surface area contributed by atoms with E-state index >= 15 is 0 Å². The first-order valence-corrected chi connectivity index (χ1v) is 9.57. The Morgan fingerprint density at radius 1 is 0.640 bits per heavy atom. The molecular weight excluding hydrogens is 308 g/mol. The maximum absolute atomic E-state index is 9.25. The van der Waals surface area contributed by atoms with Gasteiger partial charge in [0, 0.05) is 0 Å². The van der Waals surface area contributed by atoms with E-state index in [9.17, 15) is 5.11 Å². The predicted molar refractivity (Wildman–Crippen MR) is 105 cm³/mol. The van der Waals surface area contributed by atoms with Crippen molar-refractivity contribution < 1.29 is 5.11 Å². The van der Waals surface area contributed by atoms with E-state index in [0.717, 1.165) is 17.8 Å². The molecular formula is C22H30N2O. The summed E-state index contributed by atoms with van der Waals surface area (Å²) in [6.45, 7) is 2.26. The highest BCUT2D eigenvalue weighted by Gasteiger charge is 1.96. The zero-order chi connectivity index (χ0) is 17.7. The molecule has 0 spiro atoms. The third-order valence-corrected chi connectivity index (χ3v) is 4.39. The van der Waals surface area contributed by atoms with Gasteiger partial charge in [-0.25, -0.2) is 0 Å². The van der Waals surface area contributed by atoms with Gasteiger partial charge in [-0.15, -0.1) is 0 Å². The molecule has 0 atom stereocenters. The van der Waals surface area contributed by atoms with E-state index in [1.165, 1.54) is 56.9 Å². The summed E-state index contributed by atoms with van der Waals surface area (Å²) < 4.78 is 0. The van der Waals surface area contributed by atoms with Crippen molar-refractivity contribution in [1.29, 1.82) is 0 Å². The number of phenols is 1. The fraction of sp³-hybridized carbons (Fsp3) is 0.455. The molecule has 0 aliphatic rings. The lowest BCUT2D eigenvalue weighted by atomic mass is 10.0. The van der Waals surface area contributed by atoms with Crippen LogP contribution in [0, 0.1) is 0 Å². The molecule has 0 aliphatic heterocycles. The second kappa shape index (κ2) is 11.4. The predicted octanol–water partition coefficient (Wildman–Crippen LogP) is 7.49. The molecule has 0 aliphatic carbocycles. The standard InChI is InChI=1S/C22H30N2O/c1-2-3-4-5-6-7-8-9-10-19-11-13-20(14-12-19)23-24-21-15-17-22(25)18-16-21/h11-18,25H,2-10H2,1H3/b24-23+. The quantitative estimate of drug-likeness (QED) is 0.335. The molecule has 0 unspecified atom stereocenters. The van der Waals surface area contributed by atoms with Crippen LogP contribution < -0.4 is 0 Å². The summed E-state index contributed by atoms with van der Waals surface area (Å²) in [5.41, 5.74) is 2.96. The molecule has 0 saturated heterocycles. The largest absolute Gasteiger partial charge is 0.508 e. The maximum Gasteiger partial charge on any atom is 0.115 e. The highest BCUT2D eigenvalue weighted by molar-refractivity contribution is 5.42. The van der Waals surface area contributed by atoms with Crippen LogP contribution in [0.3, 0.4) is 0 Å². The Morgan fingerprint density at radius 3 is 1.68 bits per heavy atom. The highest BCUT2D eigenvalue weighted by Crippen LogP contribution is 2.21. The minimum absolute atomic E-state index is 0.240. The van der Waals surface area contributed by atoms with Crippen molar-refractivity contribution in [3.63, 3.8) is 0 Å². The van der Waals surface area contributed by atoms with Crippen molar-refractivity contribution in [2.24, 2.45) is 10.2 Å². The summed E-state index contributed by atoms with van der Waals surface area (Å²) in [5.74, 6) is 0.240. The molecule has 0 aromatic heterocycles. The van der Waals surface area contributed by atoms with Crippen LogP contribution in [0.5, 0.6) is 5.75 Å². The Labute approximate surface area is 151 Å². The summed E-state index contributed by atoms with van der Waals surface area (Å²) in [4.78, 5) is 0. The fourth-order valence-corrected chi connectivity index (χ4v) is 2.83. The van der Waals surface area contributed by atoms with Crippen molar-refractivity contribution >= 4 is 11.4 Å². The molecule has 0 fully saturated rings. The smallest absolute Gasteiger partial charge is 0.115 e. The van der Waals surface area contributed by atoms with Crippen molar-refractivity contribution in [3.05, 3.63) is 54.1 Å². The molecule has 3 heteroatoms. The number of azo groups is 1. The van der Waals surface area contributed by atoms with Gasteiger partial charge in [0.2, 0.25) is 0 Å². The van der Waals surface area contributed by atoms with Gasteiger partial charge < -0.3 is 5.11 Å². The van der Waals surface area contributed by atoms with Crippen LogP contribution in [0.15, 0.2) is 58.8 Å². The van der Waals surface area contributed by atoms with Gasteiger partial charge >= 0.3 is 0 Å². The Kier molecular flexibility index (Phi) is 8.74. The molecule has 0 saturated carbocycles. The fourth-order valence-electron chi connectivity index (χ4n) is 2.83. The summed E-state index contributed by atoms with van der Waals surface area (Å²) in [6.07, 6.45) is 12.0. The van der Waals surface area contributed by atoms with Gasteiger partial charge in [-0.3, -0.25) is 0 Å². The number of unbranched alkanes of at least 4 members (excludes halogenated alkanes) is 7. The van der Waals surface area contributed by atoms with E-state index in [-0.39, 0.29) is 5.75 Å². The van der Waals surface area contributed by atoms with E-state index in [1.54, 1.807) is 24.3 Å². The van der Waals surface area contributed by atoms with Gasteiger partial charge in [-0.1, -0.05) is 64.0 Å². The second-order valence-electron chi connectivity index (χ2n) is 6.61. The summed E-state index contributed by atoms with van der Waals surface area (Å²) in [7, 11) is 0. The first-order valence-electron chi connectivity index (χ1n) is 9.57. The molecule has 2 rings (SSSR count). The van der Waals surface area contributed by atoms with E-state index in [0.29, 0.717) is 0 Å². The maximum atomic E-state index is 9.25. The Balaban J connectivity index is 1.66. The highest BCUT2D eigenvalue weighted by atomic mass is 16.3. The number of benzene rings is 2. The van der Waals surface area contributed by atoms with E-state index in [1.807, 2.05) is 12.1 Å². The number of aromatic hydroxyl groups is 1. The minimum atomic E-state index is 0.240. The number of nitrogens with zero attached hydrogens (tertiary/aromatic N) is 2. The zero-order valence-corrected chi connectivity index (χ0v) is 15.3. The van der Waals surface area contributed by atoms with Crippen molar-refractivity contribution in [2.45, 2.75) is 64.7 Å². The van der Waals surface area contributed by atoms with Crippen LogP contribution in [0.4, 0.5) is 11.4 Å². The van der Waals surface area contributed by atoms with Gasteiger partial charge in [0.25, 0.3) is 0 Å². The van der Waals surface area contributed by atoms with Gasteiger partial charge in [0.1, 0.15) is 5.75 Å². The Hall–Kier alpha value is -2.16. The summed E-state index contributed by atoms with van der Waals surface area (Å²) >= 11 is 0. The number of phenolic OH excluding ortho intramolecular Hbond substituents is 1. The van der Waals surface area contributed by atoms with Crippen LogP contribution >= 0.6 is 0 Å². The average Bonchev–Trinajstić information content (AvgIpc) is 2.64. The van der Waals surface area contributed by atoms with Crippen LogP contribution in [-0.2, 0) is 6.42 Å². The molecule has 0 amide bonds. The van der Waals surface area contributed by atoms with Gasteiger partial charge in [-0.05, 0) is 54.8 Å². The number of rotatable bonds is 11. The third-order valence-electron chi connectivity index (χ3n) is 4.39. The monoisotopic (exact) mass is 338 g/mol. The molecule has 0 bridgehead atoms. The molecule has 134 valence electrons. The SMILES string of the molecule is CCCCCCCCCCc1ccc(/N=N/c2ccc(O)cc2)cc1. The lowest BCUT2D eigenvalue weighted by molar-refractivity contribution is 0.475. The number of hydrogen-bond donors (Lipinski definition) is 1. The van der Waals surface area contributed by atoms with E-state index < -0.39 is 0 Å². The molecule has 2 aromatic rings. The Bertz CT molecular complexity index is 617. The third kappa shape index (κ3) is 7.97. The minimum Gasteiger partial charge on any atom is -0.508 e. The first-order chi connectivity index (χ1) is 12.3. The molecule has 3 nitrogen and oxygen atoms in total. The van der Waals surface area contributed by atoms with Crippen LogP contribution in [0.1, 0.15) is 63.9 Å². The van der Waals surface area contributed by atoms with Gasteiger partial charge in [0.05, 0.1) is 11.4 Å². The average molecular weight is 338 g/mol. The molecule has 1 N–H and O–H groups in total. The topological polar surface area (TPSA) is 45.0 Å². The van der Waals surface area contributed by atoms with Crippen molar-refractivity contribution in [2.75, 3.05) is 0 Å². The molecule has 2 aromatic carbocycles. The van der Waals surface area contributed by atoms with Crippen molar-refractivity contribution in [1.82, 2.24) is 0 Å². The van der Waals surface area contributed by atoms with Crippen molar-refractivity contribution in [3.8, 4) is 5.75 Å². The zero-order valence-electron chi connectivity index (χ0n) is 15.3. The number of aryl methyl sites for hydroxylation is 1. The van der Waals surface area contributed by atoms with E-state index in [4.69, 9.17) is 0 Å². The lowest BCUT2D eigenvalue weighted by Gasteiger charge is -2.03. The molecule has 25 heavy (non-hydrogen) atoms. The first kappa shape index (κ1) is 19.2. The lowest BCUT2D eigenvalue weighted by Crippen LogP contribution is -1.86. The normalized spacial score (nSPS) is 11.2. The van der Waals surface area contributed by atoms with Crippen LogP contribution in [0.2, 0.25) is 0 Å².